The molecule has 0 saturated carbocycles. The Morgan fingerprint density at radius 1 is 1.30 bits per heavy atom. The molecule has 1 aliphatic rings. The van der Waals surface area contributed by atoms with Crippen molar-refractivity contribution < 1.29 is 4.79 Å². The molecule has 5 nitrogen and oxygen atoms in total. The predicted octanol–water partition coefficient (Wildman–Crippen LogP) is 1.34. The zero-order valence-electron chi connectivity index (χ0n) is 12.0. The summed E-state index contributed by atoms with van der Waals surface area (Å²) >= 11 is 0. The molecule has 1 saturated heterocycles. The van der Waals surface area contributed by atoms with Crippen molar-refractivity contribution >= 4 is 16.9 Å². The number of imidazole rings is 1. The molecule has 2 heterocycles. The molecule has 3 rings (SSSR count). The molecule has 106 valence electrons. The van der Waals surface area contributed by atoms with Crippen molar-refractivity contribution in [2.45, 2.75) is 19.9 Å². The van der Waals surface area contributed by atoms with Crippen LogP contribution < -0.4 is 5.32 Å². The number of benzene rings is 1. The minimum Gasteiger partial charge on any atom is -0.338 e. The highest BCUT2D eigenvalue weighted by molar-refractivity contribution is 5.84. The summed E-state index contributed by atoms with van der Waals surface area (Å²) in [6, 6.07) is 7.77. The SMILES string of the molecule is Cc1nc2ccccc2n1C(C)C(=O)N1CCNCC1. The average molecular weight is 272 g/mol. The predicted molar refractivity (Wildman–Crippen MR) is 78.6 cm³/mol. The number of aromatic nitrogens is 2. The minimum absolute atomic E-state index is 0.178. The Balaban J connectivity index is 1.93. The summed E-state index contributed by atoms with van der Waals surface area (Å²) in [7, 11) is 0. The van der Waals surface area contributed by atoms with E-state index in [1.807, 2.05) is 47.6 Å². The van der Waals surface area contributed by atoms with E-state index < -0.39 is 0 Å². The second-order valence-electron chi connectivity index (χ2n) is 5.27. The van der Waals surface area contributed by atoms with Crippen LogP contribution in [-0.4, -0.2) is 46.5 Å². The van der Waals surface area contributed by atoms with Gasteiger partial charge in [-0.15, -0.1) is 0 Å². The molecule has 1 N–H and O–H groups in total. The Labute approximate surface area is 118 Å². The van der Waals surface area contributed by atoms with Gasteiger partial charge < -0.3 is 14.8 Å². The molecular weight excluding hydrogens is 252 g/mol. The summed E-state index contributed by atoms with van der Waals surface area (Å²) in [6.07, 6.45) is 0. The molecule has 1 aromatic carbocycles. The van der Waals surface area contributed by atoms with Crippen LogP contribution >= 0.6 is 0 Å². The number of aryl methyl sites for hydroxylation is 1. The van der Waals surface area contributed by atoms with Crippen LogP contribution in [0.3, 0.4) is 0 Å². The number of nitrogens with one attached hydrogen (secondary N) is 1. The smallest absolute Gasteiger partial charge is 0.245 e. The monoisotopic (exact) mass is 272 g/mol. The summed E-state index contributed by atoms with van der Waals surface area (Å²) in [4.78, 5) is 19.1. The number of hydrogen-bond acceptors (Lipinski definition) is 3. The molecule has 0 radical (unpaired) electrons. The van der Waals surface area contributed by atoms with Crippen LogP contribution in [0, 0.1) is 6.92 Å². The fourth-order valence-corrected chi connectivity index (χ4v) is 2.91. The van der Waals surface area contributed by atoms with Crippen LogP contribution in [0.4, 0.5) is 0 Å². The Kier molecular flexibility index (Phi) is 3.44. The first kappa shape index (κ1) is 13.1. The molecule has 1 aromatic heterocycles. The number of piperazine rings is 1. The van der Waals surface area contributed by atoms with Crippen LogP contribution in [0.1, 0.15) is 18.8 Å². The Morgan fingerprint density at radius 2 is 2.00 bits per heavy atom. The molecule has 0 bridgehead atoms. The lowest BCUT2D eigenvalue weighted by molar-refractivity contribution is -0.134. The Morgan fingerprint density at radius 3 is 2.75 bits per heavy atom. The third-order valence-electron chi connectivity index (χ3n) is 3.95. The van der Waals surface area contributed by atoms with Crippen molar-refractivity contribution in [1.29, 1.82) is 0 Å². The standard InChI is InChI=1S/C15H20N4O/c1-11(15(20)18-9-7-16-8-10-18)19-12(2)17-13-5-3-4-6-14(13)19/h3-6,11,16H,7-10H2,1-2H3. The number of amides is 1. The summed E-state index contributed by atoms with van der Waals surface area (Å²) < 4.78 is 2.04. The van der Waals surface area contributed by atoms with E-state index in [0.29, 0.717) is 0 Å². The lowest BCUT2D eigenvalue weighted by Gasteiger charge is -2.30. The van der Waals surface area contributed by atoms with Gasteiger partial charge in [-0.25, -0.2) is 4.98 Å². The number of hydrogen-bond donors (Lipinski definition) is 1. The summed E-state index contributed by atoms with van der Waals surface area (Å²) in [5.74, 6) is 1.07. The molecule has 1 atom stereocenters. The van der Waals surface area contributed by atoms with Gasteiger partial charge >= 0.3 is 0 Å². The first-order valence-electron chi connectivity index (χ1n) is 7.11. The first-order chi connectivity index (χ1) is 9.68. The van der Waals surface area contributed by atoms with Crippen molar-refractivity contribution in [3.05, 3.63) is 30.1 Å². The van der Waals surface area contributed by atoms with E-state index in [1.165, 1.54) is 0 Å². The van der Waals surface area contributed by atoms with Crippen molar-refractivity contribution in [3.63, 3.8) is 0 Å². The molecule has 0 spiro atoms. The third-order valence-corrected chi connectivity index (χ3v) is 3.95. The van der Waals surface area contributed by atoms with Crippen LogP contribution in [0.2, 0.25) is 0 Å². The third kappa shape index (κ3) is 2.18. The van der Waals surface area contributed by atoms with Gasteiger partial charge in [0.15, 0.2) is 0 Å². The molecule has 20 heavy (non-hydrogen) atoms. The van der Waals surface area contributed by atoms with E-state index in [4.69, 9.17) is 0 Å². The summed E-state index contributed by atoms with van der Waals surface area (Å²) in [6.45, 7) is 7.25. The van der Waals surface area contributed by atoms with Crippen molar-refractivity contribution in [2.24, 2.45) is 0 Å². The van der Waals surface area contributed by atoms with Gasteiger partial charge in [0.25, 0.3) is 0 Å². The second-order valence-corrected chi connectivity index (χ2v) is 5.27. The lowest BCUT2D eigenvalue weighted by Crippen LogP contribution is -2.48. The highest BCUT2D eigenvalue weighted by Gasteiger charge is 2.25. The second kappa shape index (κ2) is 5.25. The van der Waals surface area contributed by atoms with Crippen molar-refractivity contribution in [1.82, 2.24) is 19.8 Å². The molecule has 1 unspecified atom stereocenters. The lowest BCUT2D eigenvalue weighted by atomic mass is 10.2. The van der Waals surface area contributed by atoms with Crippen LogP contribution in [-0.2, 0) is 4.79 Å². The van der Waals surface area contributed by atoms with E-state index >= 15 is 0 Å². The zero-order valence-corrected chi connectivity index (χ0v) is 12.0. The van der Waals surface area contributed by atoms with Gasteiger partial charge in [-0.3, -0.25) is 4.79 Å². The number of fused-ring (bicyclic) bond motifs is 1. The number of para-hydroxylation sites is 2. The van der Waals surface area contributed by atoms with E-state index in [1.54, 1.807) is 0 Å². The quantitative estimate of drug-likeness (QED) is 0.897. The molecule has 1 fully saturated rings. The van der Waals surface area contributed by atoms with Gasteiger partial charge in [0.05, 0.1) is 11.0 Å². The van der Waals surface area contributed by atoms with E-state index in [2.05, 4.69) is 10.3 Å². The molecule has 0 aliphatic carbocycles. The van der Waals surface area contributed by atoms with Crippen LogP contribution in [0.5, 0.6) is 0 Å². The minimum atomic E-state index is -0.208. The Bertz CT molecular complexity index is 628. The highest BCUT2D eigenvalue weighted by Crippen LogP contribution is 2.22. The van der Waals surface area contributed by atoms with Gasteiger partial charge in [0, 0.05) is 26.2 Å². The number of carbonyl (C=O) groups is 1. The number of nitrogens with zero attached hydrogens (tertiary/aromatic N) is 3. The number of carbonyl (C=O) groups excluding carboxylic acids is 1. The van der Waals surface area contributed by atoms with Gasteiger partial charge in [-0.05, 0) is 26.0 Å². The summed E-state index contributed by atoms with van der Waals surface area (Å²) in [5, 5.41) is 3.27. The number of rotatable bonds is 2. The zero-order chi connectivity index (χ0) is 14.1. The van der Waals surface area contributed by atoms with Gasteiger partial charge in [0.1, 0.15) is 11.9 Å². The maximum Gasteiger partial charge on any atom is 0.245 e. The Hall–Kier alpha value is -1.88. The molecule has 5 heteroatoms. The van der Waals surface area contributed by atoms with E-state index in [0.717, 1.165) is 43.0 Å². The maximum atomic E-state index is 12.6. The maximum absolute atomic E-state index is 12.6. The highest BCUT2D eigenvalue weighted by atomic mass is 16.2. The average Bonchev–Trinajstić information content (AvgIpc) is 2.82. The van der Waals surface area contributed by atoms with E-state index in [-0.39, 0.29) is 11.9 Å². The topological polar surface area (TPSA) is 50.2 Å². The normalized spacial score (nSPS) is 17.4. The fraction of sp³-hybridized carbons (Fsp3) is 0.467. The molecule has 1 amide bonds. The largest absolute Gasteiger partial charge is 0.338 e. The van der Waals surface area contributed by atoms with Crippen molar-refractivity contribution in [2.75, 3.05) is 26.2 Å². The van der Waals surface area contributed by atoms with Crippen LogP contribution in [0.15, 0.2) is 24.3 Å². The fourth-order valence-electron chi connectivity index (χ4n) is 2.91. The van der Waals surface area contributed by atoms with Gasteiger partial charge in [0.2, 0.25) is 5.91 Å². The molecule has 1 aliphatic heterocycles. The summed E-state index contributed by atoms with van der Waals surface area (Å²) in [5.41, 5.74) is 1.98. The van der Waals surface area contributed by atoms with Gasteiger partial charge in [-0.2, -0.15) is 0 Å². The van der Waals surface area contributed by atoms with Gasteiger partial charge in [-0.1, -0.05) is 12.1 Å². The van der Waals surface area contributed by atoms with Crippen LogP contribution in [0.25, 0.3) is 11.0 Å². The first-order valence-corrected chi connectivity index (χ1v) is 7.11. The molecule has 2 aromatic rings. The molecular formula is C15H20N4O. The van der Waals surface area contributed by atoms with Crippen molar-refractivity contribution in [3.8, 4) is 0 Å². The van der Waals surface area contributed by atoms with E-state index in [9.17, 15) is 4.79 Å².